The highest BCUT2D eigenvalue weighted by molar-refractivity contribution is 5.92. The van der Waals surface area contributed by atoms with Gasteiger partial charge in [0.2, 0.25) is 5.91 Å². The maximum atomic E-state index is 12.6. The second kappa shape index (κ2) is 8.89. The molecule has 2 atom stereocenters. The summed E-state index contributed by atoms with van der Waals surface area (Å²) in [4.78, 5) is 36.9. The van der Waals surface area contributed by atoms with Gasteiger partial charge in [-0.2, -0.15) is 0 Å². The zero-order valence-electron chi connectivity index (χ0n) is 15.6. The van der Waals surface area contributed by atoms with Gasteiger partial charge in [0.15, 0.2) is 0 Å². The molecule has 0 aromatic carbocycles. The molecule has 1 fully saturated rings. The van der Waals surface area contributed by atoms with Gasteiger partial charge in [-0.15, -0.1) is 0 Å². The minimum atomic E-state index is -0.175. The zero-order valence-corrected chi connectivity index (χ0v) is 15.6. The van der Waals surface area contributed by atoms with E-state index < -0.39 is 0 Å². The fraction of sp³-hybridized carbons (Fsp3) is 0.667. The first-order valence-electron chi connectivity index (χ1n) is 8.91. The number of morpholine rings is 1. The molecule has 1 saturated heterocycles. The van der Waals surface area contributed by atoms with Gasteiger partial charge in [0, 0.05) is 38.8 Å². The van der Waals surface area contributed by atoms with E-state index in [-0.39, 0.29) is 24.0 Å². The lowest BCUT2D eigenvalue weighted by Crippen LogP contribution is -2.49. The molecule has 1 aromatic heterocycles. The third-order valence-corrected chi connectivity index (χ3v) is 4.15. The molecule has 7 nitrogen and oxygen atoms in total. The van der Waals surface area contributed by atoms with E-state index in [4.69, 9.17) is 4.74 Å². The molecule has 2 rings (SSSR count). The van der Waals surface area contributed by atoms with Gasteiger partial charge in [0.25, 0.3) is 5.91 Å². The van der Waals surface area contributed by atoms with Crippen molar-refractivity contribution in [3.05, 3.63) is 23.8 Å². The molecule has 7 heteroatoms. The summed E-state index contributed by atoms with van der Waals surface area (Å²) in [6.45, 7) is 9.97. The Bertz CT molecular complexity index is 580. The van der Waals surface area contributed by atoms with E-state index >= 15 is 0 Å². The number of amides is 2. The SMILES string of the molecule is CCCN(CCC(=O)N1CC(C)OC(C)C1)C(=O)c1cnc(C)cn1. The Balaban J connectivity index is 1.95. The topological polar surface area (TPSA) is 75.6 Å². The molecule has 1 aliphatic heterocycles. The minimum absolute atomic E-state index is 0.0453. The van der Waals surface area contributed by atoms with Crippen molar-refractivity contribution in [3.8, 4) is 0 Å². The third-order valence-electron chi connectivity index (χ3n) is 4.15. The minimum Gasteiger partial charge on any atom is -0.372 e. The molecule has 0 spiro atoms. The summed E-state index contributed by atoms with van der Waals surface area (Å²) < 4.78 is 5.66. The molecule has 1 aliphatic rings. The van der Waals surface area contributed by atoms with Crippen molar-refractivity contribution in [1.82, 2.24) is 19.8 Å². The van der Waals surface area contributed by atoms with E-state index in [0.29, 0.717) is 38.3 Å². The highest BCUT2D eigenvalue weighted by atomic mass is 16.5. The van der Waals surface area contributed by atoms with E-state index in [2.05, 4.69) is 9.97 Å². The molecule has 0 radical (unpaired) electrons. The average molecular weight is 348 g/mol. The van der Waals surface area contributed by atoms with Crippen molar-refractivity contribution in [1.29, 1.82) is 0 Å². The molecule has 2 heterocycles. The highest BCUT2D eigenvalue weighted by Gasteiger charge is 2.26. The number of hydrogen-bond donors (Lipinski definition) is 0. The van der Waals surface area contributed by atoms with Gasteiger partial charge in [-0.05, 0) is 27.2 Å². The van der Waals surface area contributed by atoms with Crippen molar-refractivity contribution >= 4 is 11.8 Å². The lowest BCUT2D eigenvalue weighted by atomic mass is 10.2. The lowest BCUT2D eigenvalue weighted by Gasteiger charge is -2.35. The fourth-order valence-electron chi connectivity index (χ4n) is 3.02. The molecule has 0 aliphatic carbocycles. The first kappa shape index (κ1) is 19.3. The van der Waals surface area contributed by atoms with Crippen molar-refractivity contribution in [2.75, 3.05) is 26.2 Å². The number of aryl methyl sites for hydroxylation is 1. The summed E-state index contributed by atoms with van der Waals surface area (Å²) in [7, 11) is 0. The molecule has 0 bridgehead atoms. The Morgan fingerprint density at radius 3 is 2.44 bits per heavy atom. The number of nitrogens with zero attached hydrogens (tertiary/aromatic N) is 4. The third kappa shape index (κ3) is 5.49. The van der Waals surface area contributed by atoms with E-state index in [1.165, 1.54) is 6.20 Å². The first-order valence-corrected chi connectivity index (χ1v) is 8.91. The predicted molar refractivity (Wildman–Crippen MR) is 94.2 cm³/mol. The molecular weight excluding hydrogens is 320 g/mol. The van der Waals surface area contributed by atoms with Crippen LogP contribution in [0.15, 0.2) is 12.4 Å². The van der Waals surface area contributed by atoms with Crippen LogP contribution in [0, 0.1) is 6.92 Å². The summed E-state index contributed by atoms with van der Waals surface area (Å²) >= 11 is 0. The Labute approximate surface area is 149 Å². The number of aromatic nitrogens is 2. The smallest absolute Gasteiger partial charge is 0.274 e. The monoisotopic (exact) mass is 348 g/mol. The van der Waals surface area contributed by atoms with E-state index in [1.807, 2.05) is 32.6 Å². The van der Waals surface area contributed by atoms with E-state index in [9.17, 15) is 9.59 Å². The van der Waals surface area contributed by atoms with Gasteiger partial charge in [-0.3, -0.25) is 14.6 Å². The maximum Gasteiger partial charge on any atom is 0.274 e. The standard InChI is InChI=1S/C18H28N4O3/c1-5-7-21(18(24)16-10-19-13(2)9-20-16)8-6-17(23)22-11-14(3)25-15(4)12-22/h9-10,14-15H,5-8,11-12H2,1-4H3. The Morgan fingerprint density at radius 2 is 1.88 bits per heavy atom. The van der Waals surface area contributed by atoms with Crippen LogP contribution < -0.4 is 0 Å². The van der Waals surface area contributed by atoms with Gasteiger partial charge >= 0.3 is 0 Å². The summed E-state index contributed by atoms with van der Waals surface area (Å²) in [5.41, 5.74) is 1.09. The van der Waals surface area contributed by atoms with Gasteiger partial charge in [-0.25, -0.2) is 4.98 Å². The second-order valence-electron chi connectivity index (χ2n) is 6.64. The number of carbonyl (C=O) groups is 2. The van der Waals surface area contributed by atoms with Crippen LogP contribution in [0.3, 0.4) is 0 Å². The first-order chi connectivity index (χ1) is 11.9. The van der Waals surface area contributed by atoms with Crippen LogP contribution in [0.5, 0.6) is 0 Å². The highest BCUT2D eigenvalue weighted by Crippen LogP contribution is 2.12. The van der Waals surface area contributed by atoms with Crippen molar-refractivity contribution in [2.24, 2.45) is 0 Å². The molecule has 0 saturated carbocycles. The summed E-state index contributed by atoms with van der Waals surface area (Å²) in [5.74, 6) is -0.114. The molecule has 0 N–H and O–H groups in total. The number of carbonyl (C=O) groups excluding carboxylic acids is 2. The Hall–Kier alpha value is -2.02. The van der Waals surface area contributed by atoms with E-state index in [1.54, 1.807) is 11.1 Å². The Kier molecular flexibility index (Phi) is 6.87. The van der Waals surface area contributed by atoms with E-state index in [0.717, 1.165) is 12.1 Å². The quantitative estimate of drug-likeness (QED) is 0.781. The van der Waals surface area contributed by atoms with Gasteiger partial charge in [0.05, 0.1) is 24.1 Å². The molecule has 2 amide bonds. The molecule has 1 aromatic rings. The normalized spacial score (nSPS) is 20.4. The van der Waals surface area contributed by atoms with Crippen molar-refractivity contribution < 1.29 is 14.3 Å². The number of ether oxygens (including phenoxy) is 1. The Morgan fingerprint density at radius 1 is 1.20 bits per heavy atom. The van der Waals surface area contributed by atoms with Crippen LogP contribution in [0.4, 0.5) is 0 Å². The number of hydrogen-bond acceptors (Lipinski definition) is 5. The van der Waals surface area contributed by atoms with Crippen LogP contribution in [0.1, 0.15) is 49.8 Å². The van der Waals surface area contributed by atoms with Crippen molar-refractivity contribution in [2.45, 2.75) is 52.7 Å². The molecule has 25 heavy (non-hydrogen) atoms. The summed E-state index contributed by atoms with van der Waals surface area (Å²) in [6, 6.07) is 0. The van der Waals surface area contributed by atoms with Crippen LogP contribution in [-0.2, 0) is 9.53 Å². The van der Waals surface area contributed by atoms with Crippen LogP contribution >= 0.6 is 0 Å². The fourth-order valence-corrected chi connectivity index (χ4v) is 3.02. The molecule has 138 valence electrons. The summed E-state index contributed by atoms with van der Waals surface area (Å²) in [5, 5.41) is 0. The predicted octanol–water partition coefficient (Wildman–Crippen LogP) is 1.66. The maximum absolute atomic E-state index is 12.6. The molecule has 2 unspecified atom stereocenters. The summed E-state index contributed by atoms with van der Waals surface area (Å²) in [6.07, 6.45) is 4.30. The van der Waals surface area contributed by atoms with Crippen LogP contribution in [0.2, 0.25) is 0 Å². The molecular formula is C18H28N4O3. The van der Waals surface area contributed by atoms with Gasteiger partial charge < -0.3 is 14.5 Å². The average Bonchev–Trinajstić information content (AvgIpc) is 2.57. The van der Waals surface area contributed by atoms with Crippen molar-refractivity contribution in [3.63, 3.8) is 0 Å². The number of rotatable bonds is 6. The van der Waals surface area contributed by atoms with Gasteiger partial charge in [-0.1, -0.05) is 6.92 Å². The lowest BCUT2D eigenvalue weighted by molar-refractivity contribution is -0.143. The van der Waals surface area contributed by atoms with Crippen LogP contribution in [0.25, 0.3) is 0 Å². The second-order valence-corrected chi connectivity index (χ2v) is 6.64. The van der Waals surface area contributed by atoms with Gasteiger partial charge in [0.1, 0.15) is 5.69 Å². The zero-order chi connectivity index (χ0) is 18.4. The largest absolute Gasteiger partial charge is 0.372 e. The van der Waals surface area contributed by atoms with Crippen LogP contribution in [-0.4, -0.2) is 70.0 Å².